The van der Waals surface area contributed by atoms with Crippen molar-refractivity contribution in [2.45, 2.75) is 0 Å². The van der Waals surface area contributed by atoms with Crippen molar-refractivity contribution in [3.05, 3.63) is 47.1 Å². The molecule has 1 aromatic carbocycles. The molecule has 1 N–H and O–H groups in total. The molecule has 0 radical (unpaired) electrons. The van der Waals surface area contributed by atoms with Crippen LogP contribution in [0.1, 0.15) is 0 Å². The van der Waals surface area contributed by atoms with Crippen molar-refractivity contribution in [3.8, 4) is 11.6 Å². The Morgan fingerprint density at radius 3 is 2.89 bits per heavy atom. The van der Waals surface area contributed by atoms with E-state index in [-0.39, 0.29) is 5.69 Å². The van der Waals surface area contributed by atoms with Gasteiger partial charge in [-0.2, -0.15) is 9.78 Å². The number of hydrogen-bond donors (Lipinski definition) is 1. The van der Waals surface area contributed by atoms with Crippen molar-refractivity contribution in [3.63, 3.8) is 0 Å². The van der Waals surface area contributed by atoms with Gasteiger partial charge in [-0.1, -0.05) is 12.1 Å². The molecule has 6 nitrogen and oxygen atoms in total. The highest BCUT2D eigenvalue weighted by atomic mass is 16.5. The second-order valence-corrected chi connectivity index (χ2v) is 3.71. The minimum absolute atomic E-state index is 0.299. The van der Waals surface area contributed by atoms with Gasteiger partial charge in [0.05, 0.1) is 12.8 Å². The van der Waals surface area contributed by atoms with Crippen LogP contribution in [0.15, 0.2) is 41.5 Å². The Kier molecular flexibility index (Phi) is 2.33. The third kappa shape index (κ3) is 1.55. The van der Waals surface area contributed by atoms with Crippen molar-refractivity contribution in [2.75, 3.05) is 7.11 Å². The number of fused-ring (bicyclic) bond motifs is 1. The minimum Gasteiger partial charge on any atom is -0.481 e. The van der Waals surface area contributed by atoms with Crippen LogP contribution in [-0.2, 0) is 0 Å². The molecule has 2 aromatic heterocycles. The van der Waals surface area contributed by atoms with Gasteiger partial charge in [0.1, 0.15) is 11.8 Å². The maximum absolute atomic E-state index is 11.6. The molecule has 0 spiro atoms. The van der Waals surface area contributed by atoms with Gasteiger partial charge in [0.2, 0.25) is 5.88 Å². The van der Waals surface area contributed by atoms with E-state index in [1.54, 1.807) is 19.2 Å². The average Bonchev–Trinajstić information content (AvgIpc) is 2.83. The first-order valence-electron chi connectivity index (χ1n) is 5.36. The van der Waals surface area contributed by atoms with E-state index in [9.17, 15) is 4.79 Å². The molecule has 0 atom stereocenters. The van der Waals surface area contributed by atoms with E-state index < -0.39 is 0 Å². The molecular formula is C12H10N4O2. The Labute approximate surface area is 102 Å². The van der Waals surface area contributed by atoms with Gasteiger partial charge in [0.15, 0.2) is 0 Å². The van der Waals surface area contributed by atoms with Gasteiger partial charge < -0.3 is 4.74 Å². The Morgan fingerprint density at radius 1 is 1.28 bits per heavy atom. The molecule has 0 amide bonds. The lowest BCUT2D eigenvalue weighted by Crippen LogP contribution is -2.16. The number of aromatic amines is 1. The number of pyridine rings is 1. The Balaban J connectivity index is 2.35. The van der Waals surface area contributed by atoms with Gasteiger partial charge in [0.25, 0.3) is 0 Å². The van der Waals surface area contributed by atoms with E-state index in [1.165, 1.54) is 11.0 Å². The smallest absolute Gasteiger partial charge is 0.347 e. The predicted molar refractivity (Wildman–Crippen MR) is 66.0 cm³/mol. The number of para-hydroxylation sites is 1. The highest BCUT2D eigenvalue weighted by Gasteiger charge is 2.08. The van der Waals surface area contributed by atoms with Crippen LogP contribution in [0.4, 0.5) is 0 Å². The SMILES string of the molecule is COc1ccc2cccc(-n3nc[nH]c3=O)c2n1. The molecule has 0 aliphatic heterocycles. The summed E-state index contributed by atoms with van der Waals surface area (Å²) in [5.74, 6) is 0.499. The number of rotatable bonds is 2. The van der Waals surface area contributed by atoms with Crippen LogP contribution in [0.25, 0.3) is 16.6 Å². The van der Waals surface area contributed by atoms with Crippen LogP contribution in [0, 0.1) is 0 Å². The first kappa shape index (κ1) is 10.5. The summed E-state index contributed by atoms with van der Waals surface area (Å²) >= 11 is 0. The summed E-state index contributed by atoms with van der Waals surface area (Å²) in [5, 5.41) is 4.88. The fourth-order valence-corrected chi connectivity index (χ4v) is 1.83. The topological polar surface area (TPSA) is 72.8 Å². The number of nitrogens with zero attached hydrogens (tertiary/aromatic N) is 3. The summed E-state index contributed by atoms with van der Waals surface area (Å²) in [6, 6.07) is 9.23. The maximum Gasteiger partial charge on any atom is 0.347 e. The lowest BCUT2D eigenvalue weighted by molar-refractivity contribution is 0.399. The van der Waals surface area contributed by atoms with Crippen molar-refractivity contribution in [2.24, 2.45) is 0 Å². The molecule has 3 aromatic rings. The van der Waals surface area contributed by atoms with E-state index in [0.29, 0.717) is 17.1 Å². The molecule has 0 bridgehead atoms. The molecule has 3 rings (SSSR count). The lowest BCUT2D eigenvalue weighted by atomic mass is 10.2. The van der Waals surface area contributed by atoms with Gasteiger partial charge in [0, 0.05) is 11.5 Å². The third-order valence-electron chi connectivity index (χ3n) is 2.66. The molecule has 0 saturated carbocycles. The fraction of sp³-hybridized carbons (Fsp3) is 0.0833. The van der Waals surface area contributed by atoms with Crippen molar-refractivity contribution < 1.29 is 4.74 Å². The average molecular weight is 242 g/mol. The van der Waals surface area contributed by atoms with Gasteiger partial charge in [-0.05, 0) is 12.1 Å². The molecule has 0 aliphatic carbocycles. The fourth-order valence-electron chi connectivity index (χ4n) is 1.83. The summed E-state index contributed by atoms with van der Waals surface area (Å²) in [7, 11) is 1.55. The number of H-pyrrole nitrogens is 1. The molecule has 90 valence electrons. The summed E-state index contributed by atoms with van der Waals surface area (Å²) in [6.45, 7) is 0. The summed E-state index contributed by atoms with van der Waals surface area (Å²) < 4.78 is 6.37. The highest BCUT2D eigenvalue weighted by molar-refractivity contribution is 5.86. The number of aromatic nitrogens is 4. The van der Waals surface area contributed by atoms with E-state index in [1.807, 2.05) is 18.2 Å². The van der Waals surface area contributed by atoms with Crippen molar-refractivity contribution >= 4 is 10.9 Å². The highest BCUT2D eigenvalue weighted by Crippen LogP contribution is 2.21. The molecule has 18 heavy (non-hydrogen) atoms. The normalized spacial score (nSPS) is 10.7. The number of methoxy groups -OCH3 is 1. The van der Waals surface area contributed by atoms with E-state index in [4.69, 9.17) is 4.74 Å². The minimum atomic E-state index is -0.299. The summed E-state index contributed by atoms with van der Waals surface area (Å²) in [4.78, 5) is 18.5. The van der Waals surface area contributed by atoms with Crippen LogP contribution in [0.5, 0.6) is 5.88 Å². The first-order valence-corrected chi connectivity index (χ1v) is 5.36. The predicted octanol–water partition coefficient (Wildman–Crippen LogP) is 1.12. The van der Waals surface area contributed by atoms with Crippen LogP contribution in [-0.4, -0.2) is 26.9 Å². The van der Waals surface area contributed by atoms with Gasteiger partial charge >= 0.3 is 5.69 Å². The third-order valence-corrected chi connectivity index (χ3v) is 2.66. The van der Waals surface area contributed by atoms with E-state index >= 15 is 0 Å². The van der Waals surface area contributed by atoms with E-state index in [0.717, 1.165) is 5.39 Å². The quantitative estimate of drug-likeness (QED) is 0.730. The second kappa shape index (κ2) is 3.99. The van der Waals surface area contributed by atoms with Gasteiger partial charge in [-0.15, -0.1) is 0 Å². The van der Waals surface area contributed by atoms with Crippen molar-refractivity contribution in [1.29, 1.82) is 0 Å². The van der Waals surface area contributed by atoms with Gasteiger partial charge in [-0.25, -0.2) is 9.78 Å². The number of ether oxygens (including phenoxy) is 1. The summed E-state index contributed by atoms with van der Waals surface area (Å²) in [5.41, 5.74) is 0.996. The van der Waals surface area contributed by atoms with Crippen LogP contribution < -0.4 is 10.4 Å². The zero-order valence-corrected chi connectivity index (χ0v) is 9.62. The monoisotopic (exact) mass is 242 g/mol. The van der Waals surface area contributed by atoms with E-state index in [2.05, 4.69) is 15.1 Å². The standard InChI is InChI=1S/C12H10N4O2/c1-18-10-6-5-8-3-2-4-9(11(8)15-10)16-12(17)13-7-14-16/h2-7H,1H3,(H,13,14,17). The zero-order valence-electron chi connectivity index (χ0n) is 9.62. The number of benzene rings is 1. The molecule has 0 saturated heterocycles. The maximum atomic E-state index is 11.6. The second-order valence-electron chi connectivity index (χ2n) is 3.71. The Hall–Kier alpha value is -2.63. The Morgan fingerprint density at radius 2 is 2.17 bits per heavy atom. The van der Waals surface area contributed by atoms with Crippen molar-refractivity contribution in [1.82, 2.24) is 19.7 Å². The molecule has 0 fully saturated rings. The Bertz CT molecular complexity index is 760. The summed E-state index contributed by atoms with van der Waals surface area (Å²) in [6.07, 6.45) is 1.35. The largest absolute Gasteiger partial charge is 0.481 e. The zero-order chi connectivity index (χ0) is 12.5. The number of hydrogen-bond acceptors (Lipinski definition) is 4. The molecule has 6 heteroatoms. The van der Waals surface area contributed by atoms with Gasteiger partial charge in [-0.3, -0.25) is 4.98 Å². The molecule has 2 heterocycles. The molecular weight excluding hydrogens is 232 g/mol. The van der Waals surface area contributed by atoms with Crippen LogP contribution in [0.3, 0.4) is 0 Å². The molecule has 0 aliphatic rings. The lowest BCUT2D eigenvalue weighted by Gasteiger charge is -2.06. The van der Waals surface area contributed by atoms with Crippen LogP contribution in [0.2, 0.25) is 0 Å². The molecule has 0 unspecified atom stereocenters. The van der Waals surface area contributed by atoms with Crippen LogP contribution >= 0.6 is 0 Å². The number of nitrogens with one attached hydrogen (secondary N) is 1. The first-order chi connectivity index (χ1) is 8.79.